The van der Waals surface area contributed by atoms with Gasteiger partial charge in [0.1, 0.15) is 5.75 Å². The number of rotatable bonds is 8. The predicted molar refractivity (Wildman–Crippen MR) is 130 cm³/mol. The average molecular weight is 385 g/mol. The Morgan fingerprint density at radius 1 is 1.14 bits per heavy atom. The van der Waals surface area contributed by atoms with Crippen LogP contribution in [0.5, 0.6) is 5.75 Å². The molecule has 0 bridgehead atoms. The van der Waals surface area contributed by atoms with Gasteiger partial charge in [0.15, 0.2) is 0 Å². The quantitative estimate of drug-likeness (QED) is 0.269. The van der Waals surface area contributed by atoms with Crippen LogP contribution < -0.4 is 0 Å². The summed E-state index contributed by atoms with van der Waals surface area (Å²) in [5, 5.41) is 10.6. The Morgan fingerprint density at radius 2 is 1.64 bits per heavy atom. The van der Waals surface area contributed by atoms with Gasteiger partial charge < -0.3 is 5.11 Å². The van der Waals surface area contributed by atoms with Crippen LogP contribution in [0, 0.1) is 6.92 Å². The van der Waals surface area contributed by atoms with Crippen molar-refractivity contribution in [1.82, 2.24) is 0 Å². The van der Waals surface area contributed by atoms with E-state index in [-0.39, 0.29) is 0 Å². The van der Waals surface area contributed by atoms with E-state index in [1.807, 2.05) is 33.8 Å². The molecule has 0 saturated heterocycles. The Bertz CT molecular complexity index is 659. The number of phenolic OH excluding ortho intramolecular Hbond substituents is 1. The van der Waals surface area contributed by atoms with Crippen LogP contribution in [0.2, 0.25) is 0 Å². The van der Waals surface area contributed by atoms with Crippen molar-refractivity contribution in [2.75, 3.05) is 0 Å². The number of hydrogen-bond acceptors (Lipinski definition) is 1. The second-order valence-corrected chi connectivity index (χ2v) is 7.23. The lowest BCUT2D eigenvalue weighted by molar-refractivity contribution is 0.471. The molecule has 1 heteroatoms. The first-order valence-corrected chi connectivity index (χ1v) is 10.6. The summed E-state index contributed by atoms with van der Waals surface area (Å²) in [5.41, 5.74) is 7.00. The molecule has 0 radical (unpaired) electrons. The van der Waals surface area contributed by atoms with Gasteiger partial charge in [-0.3, -0.25) is 0 Å². The van der Waals surface area contributed by atoms with E-state index in [2.05, 4.69) is 54.0 Å². The average Bonchev–Trinajstić information content (AvgIpc) is 2.62. The second-order valence-electron chi connectivity index (χ2n) is 7.23. The number of aryl methyl sites for hydroxylation is 1. The van der Waals surface area contributed by atoms with Crippen LogP contribution in [0.4, 0.5) is 0 Å². The second kappa shape index (κ2) is 15.0. The third kappa shape index (κ3) is 8.33. The Labute approximate surface area is 175 Å². The molecular weight excluding hydrogens is 340 g/mol. The van der Waals surface area contributed by atoms with Crippen molar-refractivity contribution in [2.45, 2.75) is 87.0 Å². The van der Waals surface area contributed by atoms with Crippen molar-refractivity contribution in [1.29, 1.82) is 0 Å². The largest absolute Gasteiger partial charge is 0.507 e. The molecule has 0 aliphatic carbocycles. The molecule has 1 N–H and O–H groups in total. The van der Waals surface area contributed by atoms with Crippen molar-refractivity contribution in [3.05, 3.63) is 71.9 Å². The molecule has 0 aliphatic heterocycles. The van der Waals surface area contributed by atoms with E-state index in [4.69, 9.17) is 0 Å². The van der Waals surface area contributed by atoms with Gasteiger partial charge in [-0.15, -0.1) is 6.58 Å². The lowest BCUT2D eigenvalue weighted by Crippen LogP contribution is -2.05. The fourth-order valence-corrected chi connectivity index (χ4v) is 3.25. The molecule has 0 unspecified atom stereocenters. The van der Waals surface area contributed by atoms with Gasteiger partial charge in [-0.2, -0.15) is 0 Å². The summed E-state index contributed by atoms with van der Waals surface area (Å²) in [4.78, 5) is 0. The first-order chi connectivity index (χ1) is 13.1. The number of hydrogen-bond donors (Lipinski definition) is 1. The summed E-state index contributed by atoms with van der Waals surface area (Å²) < 4.78 is 0. The van der Waals surface area contributed by atoms with E-state index < -0.39 is 0 Å². The van der Waals surface area contributed by atoms with Gasteiger partial charge in [-0.1, -0.05) is 78.8 Å². The molecule has 28 heavy (non-hydrogen) atoms. The van der Waals surface area contributed by atoms with Crippen LogP contribution in [0.15, 0.2) is 49.6 Å². The summed E-state index contributed by atoms with van der Waals surface area (Å²) in [6.45, 7) is 32.0. The molecule has 1 nitrogen and oxygen atoms in total. The SMILES string of the molecule is C=C(C)C(=C)C(=C)c1c(O)cc(CCCCC)c(C(C)C)c1C.C=CC.CC. The van der Waals surface area contributed by atoms with Crippen LogP contribution in [0.1, 0.15) is 95.9 Å². The van der Waals surface area contributed by atoms with Gasteiger partial charge in [0, 0.05) is 5.56 Å². The summed E-state index contributed by atoms with van der Waals surface area (Å²) in [7, 11) is 0. The maximum atomic E-state index is 10.6. The van der Waals surface area contributed by atoms with Crippen molar-refractivity contribution >= 4 is 5.57 Å². The molecule has 0 aromatic heterocycles. The van der Waals surface area contributed by atoms with E-state index >= 15 is 0 Å². The van der Waals surface area contributed by atoms with E-state index in [0.717, 1.165) is 40.7 Å². The van der Waals surface area contributed by atoms with Crippen LogP contribution in [0.25, 0.3) is 5.57 Å². The first kappa shape index (κ1) is 28.2. The molecule has 158 valence electrons. The fourth-order valence-electron chi connectivity index (χ4n) is 3.25. The van der Waals surface area contributed by atoms with Gasteiger partial charge in [0.2, 0.25) is 0 Å². The van der Waals surface area contributed by atoms with E-state index in [1.54, 1.807) is 6.08 Å². The zero-order chi connectivity index (χ0) is 22.4. The highest BCUT2D eigenvalue weighted by Gasteiger charge is 2.20. The summed E-state index contributed by atoms with van der Waals surface area (Å²) in [6.07, 6.45) is 6.35. The van der Waals surface area contributed by atoms with Gasteiger partial charge in [-0.05, 0) is 73.4 Å². The maximum Gasteiger partial charge on any atom is 0.123 e. The summed E-state index contributed by atoms with van der Waals surface area (Å²) >= 11 is 0. The zero-order valence-corrected chi connectivity index (χ0v) is 19.8. The summed E-state index contributed by atoms with van der Waals surface area (Å²) in [5.74, 6) is 0.725. The fraction of sp³-hybridized carbons (Fsp3) is 0.481. The minimum absolute atomic E-state index is 0.311. The van der Waals surface area contributed by atoms with Crippen LogP contribution in [-0.2, 0) is 6.42 Å². The molecule has 0 saturated carbocycles. The molecule has 1 aromatic rings. The van der Waals surface area contributed by atoms with Crippen molar-refractivity contribution in [3.63, 3.8) is 0 Å². The van der Waals surface area contributed by atoms with Crippen LogP contribution in [0.3, 0.4) is 0 Å². The minimum atomic E-state index is 0.311. The topological polar surface area (TPSA) is 20.2 Å². The number of benzene rings is 1. The molecule has 0 fully saturated rings. The van der Waals surface area contributed by atoms with Gasteiger partial charge in [0.25, 0.3) is 0 Å². The van der Waals surface area contributed by atoms with Crippen molar-refractivity contribution in [3.8, 4) is 5.75 Å². The lowest BCUT2D eigenvalue weighted by Gasteiger charge is -2.22. The maximum absolute atomic E-state index is 10.6. The van der Waals surface area contributed by atoms with Crippen molar-refractivity contribution < 1.29 is 5.11 Å². The Hall–Kier alpha value is -2.02. The highest BCUT2D eigenvalue weighted by molar-refractivity contribution is 5.86. The predicted octanol–water partition coefficient (Wildman–Crippen LogP) is 8.92. The molecular formula is C27H44O. The first-order valence-electron chi connectivity index (χ1n) is 10.6. The highest BCUT2D eigenvalue weighted by Crippen LogP contribution is 2.39. The normalized spacial score (nSPS) is 9.61. The minimum Gasteiger partial charge on any atom is -0.507 e. The number of aromatic hydroxyl groups is 1. The van der Waals surface area contributed by atoms with Gasteiger partial charge >= 0.3 is 0 Å². The summed E-state index contributed by atoms with van der Waals surface area (Å²) in [6, 6.07) is 1.93. The van der Waals surface area contributed by atoms with E-state index in [0.29, 0.717) is 11.7 Å². The molecule has 1 aromatic carbocycles. The Morgan fingerprint density at radius 3 is 2.04 bits per heavy atom. The molecule has 0 aliphatic rings. The van der Waals surface area contributed by atoms with Crippen LogP contribution in [-0.4, -0.2) is 5.11 Å². The van der Waals surface area contributed by atoms with Crippen LogP contribution >= 0.6 is 0 Å². The van der Waals surface area contributed by atoms with Gasteiger partial charge in [0.05, 0.1) is 0 Å². The standard InChI is InChI=1S/C22H32O.C3H6.C2H6/c1-9-10-11-12-19-13-20(23)22(17(7)16(6)14(2)3)18(8)21(19)15(4)5;1-3-2;1-2/h13,15,23H,2,6-7,9-12H2,1,3-5,8H3;3H,1H2,2H3;1-2H3. The molecule has 0 heterocycles. The Balaban J connectivity index is 0. The Kier molecular flexibility index (Phi) is 15.1. The van der Waals surface area contributed by atoms with Crippen molar-refractivity contribution in [2.24, 2.45) is 0 Å². The monoisotopic (exact) mass is 384 g/mol. The van der Waals surface area contributed by atoms with E-state index in [1.165, 1.54) is 24.0 Å². The zero-order valence-electron chi connectivity index (χ0n) is 19.8. The number of allylic oxidation sites excluding steroid dienone is 4. The third-order valence-electron chi connectivity index (χ3n) is 4.50. The van der Waals surface area contributed by atoms with E-state index in [9.17, 15) is 5.11 Å². The molecule has 1 rings (SSSR count). The highest BCUT2D eigenvalue weighted by atomic mass is 16.3. The third-order valence-corrected chi connectivity index (χ3v) is 4.50. The molecule has 0 atom stereocenters. The van der Waals surface area contributed by atoms with Gasteiger partial charge in [-0.25, -0.2) is 0 Å². The lowest BCUT2D eigenvalue weighted by atomic mass is 9.83. The number of phenols is 1. The smallest absolute Gasteiger partial charge is 0.123 e. The molecule has 0 spiro atoms. The molecule has 0 amide bonds. The number of unbranched alkanes of at least 4 members (excludes halogenated alkanes) is 2.